The lowest BCUT2D eigenvalue weighted by Crippen LogP contribution is -2.51. The van der Waals surface area contributed by atoms with Crippen molar-refractivity contribution in [1.29, 1.82) is 0 Å². The molecule has 1 atom stereocenters. The van der Waals surface area contributed by atoms with Gasteiger partial charge >= 0.3 is 0 Å². The number of rotatable bonds is 5. The van der Waals surface area contributed by atoms with Crippen molar-refractivity contribution in [2.45, 2.75) is 59.0 Å². The van der Waals surface area contributed by atoms with E-state index in [1.54, 1.807) is 0 Å². The van der Waals surface area contributed by atoms with Crippen LogP contribution in [0, 0.1) is 11.3 Å². The molecule has 150 valence electrons. The van der Waals surface area contributed by atoms with Crippen LogP contribution < -0.4 is 5.32 Å². The molecule has 1 amide bonds. The standard InChI is InChI=1S/C22H36N4O/c1-22(2,3)17-24-21(27)19-7-5-11-26(16-19)20-8-12-25(13-9-20)15-18-6-4-10-23-14-18/h4,6,10,14,19-20H,5,7-9,11-13,15-17H2,1-3H3,(H,24,27)/t19-/m1/s1. The molecule has 0 aliphatic carbocycles. The third-order valence-electron chi connectivity index (χ3n) is 5.82. The van der Waals surface area contributed by atoms with Gasteiger partial charge in [0.05, 0.1) is 5.92 Å². The summed E-state index contributed by atoms with van der Waals surface area (Å²) in [6.45, 7) is 12.6. The number of likely N-dealkylation sites (tertiary alicyclic amines) is 2. The van der Waals surface area contributed by atoms with E-state index in [0.717, 1.165) is 52.1 Å². The quantitative estimate of drug-likeness (QED) is 0.863. The van der Waals surface area contributed by atoms with Gasteiger partial charge in [-0.2, -0.15) is 0 Å². The fourth-order valence-electron chi connectivity index (χ4n) is 4.24. The number of aromatic nitrogens is 1. The molecule has 27 heavy (non-hydrogen) atoms. The van der Waals surface area contributed by atoms with Crippen LogP contribution in [-0.4, -0.2) is 59.5 Å². The second kappa shape index (κ2) is 9.16. The second-order valence-corrected chi connectivity index (χ2v) is 9.48. The zero-order valence-corrected chi connectivity index (χ0v) is 17.3. The fraction of sp³-hybridized carbons (Fsp3) is 0.727. The predicted octanol–water partition coefficient (Wildman–Crippen LogP) is 2.92. The summed E-state index contributed by atoms with van der Waals surface area (Å²) in [6.07, 6.45) is 8.39. The van der Waals surface area contributed by atoms with Gasteiger partial charge in [0.15, 0.2) is 0 Å². The Morgan fingerprint density at radius 3 is 2.67 bits per heavy atom. The normalized spacial score (nSPS) is 23.3. The molecule has 1 aromatic heterocycles. The molecule has 0 radical (unpaired) electrons. The van der Waals surface area contributed by atoms with Crippen LogP contribution in [0.2, 0.25) is 0 Å². The molecule has 2 aliphatic rings. The molecule has 3 heterocycles. The minimum atomic E-state index is 0.144. The molecule has 0 aromatic carbocycles. The highest BCUT2D eigenvalue weighted by Gasteiger charge is 2.31. The number of pyridine rings is 1. The lowest BCUT2D eigenvalue weighted by atomic mass is 9.92. The molecular weight excluding hydrogens is 336 g/mol. The molecule has 5 heteroatoms. The summed E-state index contributed by atoms with van der Waals surface area (Å²) in [6, 6.07) is 4.80. The third kappa shape index (κ3) is 6.28. The van der Waals surface area contributed by atoms with Crippen LogP contribution in [0.4, 0.5) is 0 Å². The Balaban J connectivity index is 1.44. The molecule has 2 fully saturated rings. The van der Waals surface area contributed by atoms with Gasteiger partial charge < -0.3 is 5.32 Å². The molecule has 1 aromatic rings. The van der Waals surface area contributed by atoms with Crippen molar-refractivity contribution in [2.24, 2.45) is 11.3 Å². The maximum Gasteiger partial charge on any atom is 0.224 e. The summed E-state index contributed by atoms with van der Waals surface area (Å²) >= 11 is 0. The summed E-state index contributed by atoms with van der Waals surface area (Å²) in [5.74, 6) is 0.415. The number of hydrogen-bond donors (Lipinski definition) is 1. The molecule has 5 nitrogen and oxygen atoms in total. The van der Waals surface area contributed by atoms with Gasteiger partial charge in [0.1, 0.15) is 0 Å². The summed E-state index contributed by atoms with van der Waals surface area (Å²) in [4.78, 5) is 21.9. The van der Waals surface area contributed by atoms with E-state index >= 15 is 0 Å². The Kier molecular flexibility index (Phi) is 6.88. The molecule has 1 N–H and O–H groups in total. The van der Waals surface area contributed by atoms with Crippen molar-refractivity contribution in [1.82, 2.24) is 20.1 Å². The van der Waals surface area contributed by atoms with E-state index in [-0.39, 0.29) is 17.2 Å². The molecule has 0 spiro atoms. The largest absolute Gasteiger partial charge is 0.355 e. The van der Waals surface area contributed by atoms with Crippen molar-refractivity contribution in [3.8, 4) is 0 Å². The van der Waals surface area contributed by atoms with E-state index in [0.29, 0.717) is 6.04 Å². The van der Waals surface area contributed by atoms with Crippen molar-refractivity contribution >= 4 is 5.91 Å². The van der Waals surface area contributed by atoms with Crippen LogP contribution in [0.15, 0.2) is 24.5 Å². The van der Waals surface area contributed by atoms with Crippen molar-refractivity contribution in [2.75, 3.05) is 32.7 Å². The van der Waals surface area contributed by atoms with E-state index in [1.807, 2.05) is 18.5 Å². The third-order valence-corrected chi connectivity index (χ3v) is 5.82. The zero-order valence-electron chi connectivity index (χ0n) is 17.3. The summed E-state index contributed by atoms with van der Waals surface area (Å²) in [5, 5.41) is 3.17. The number of hydrogen-bond acceptors (Lipinski definition) is 4. The summed E-state index contributed by atoms with van der Waals surface area (Å²) < 4.78 is 0. The number of piperidine rings is 2. The van der Waals surface area contributed by atoms with E-state index in [4.69, 9.17) is 0 Å². The molecule has 0 unspecified atom stereocenters. The second-order valence-electron chi connectivity index (χ2n) is 9.48. The van der Waals surface area contributed by atoms with Crippen molar-refractivity contribution < 1.29 is 4.79 Å². The Labute approximate surface area is 164 Å². The fourth-order valence-corrected chi connectivity index (χ4v) is 4.24. The minimum absolute atomic E-state index is 0.144. The smallest absolute Gasteiger partial charge is 0.224 e. The number of nitrogens with zero attached hydrogens (tertiary/aromatic N) is 3. The van der Waals surface area contributed by atoms with Crippen LogP contribution in [-0.2, 0) is 11.3 Å². The maximum absolute atomic E-state index is 12.6. The van der Waals surface area contributed by atoms with E-state index < -0.39 is 0 Å². The van der Waals surface area contributed by atoms with Gasteiger partial charge in [0.2, 0.25) is 5.91 Å². The lowest BCUT2D eigenvalue weighted by molar-refractivity contribution is -0.127. The van der Waals surface area contributed by atoms with Crippen LogP contribution in [0.1, 0.15) is 52.0 Å². The Bertz CT molecular complexity index is 590. The van der Waals surface area contributed by atoms with Crippen LogP contribution in [0.25, 0.3) is 0 Å². The maximum atomic E-state index is 12.6. The van der Waals surface area contributed by atoms with Gasteiger partial charge in [-0.3, -0.25) is 19.6 Å². The van der Waals surface area contributed by atoms with Crippen molar-refractivity contribution in [3.05, 3.63) is 30.1 Å². The first-order chi connectivity index (χ1) is 12.9. The Morgan fingerprint density at radius 1 is 1.22 bits per heavy atom. The highest BCUT2D eigenvalue weighted by atomic mass is 16.1. The first-order valence-electron chi connectivity index (χ1n) is 10.5. The monoisotopic (exact) mass is 372 g/mol. The summed E-state index contributed by atoms with van der Waals surface area (Å²) in [7, 11) is 0. The van der Waals surface area contributed by atoms with Gasteiger partial charge in [-0.05, 0) is 62.4 Å². The Morgan fingerprint density at radius 2 is 2.00 bits per heavy atom. The molecule has 3 rings (SSSR count). The van der Waals surface area contributed by atoms with Gasteiger partial charge in [0, 0.05) is 38.1 Å². The lowest BCUT2D eigenvalue weighted by Gasteiger charge is -2.42. The van der Waals surface area contributed by atoms with Gasteiger partial charge in [-0.25, -0.2) is 0 Å². The Hall–Kier alpha value is -1.46. The van der Waals surface area contributed by atoms with Gasteiger partial charge in [-0.15, -0.1) is 0 Å². The van der Waals surface area contributed by atoms with Crippen LogP contribution in [0.3, 0.4) is 0 Å². The number of carbonyl (C=O) groups is 1. The minimum Gasteiger partial charge on any atom is -0.355 e. The highest BCUT2D eigenvalue weighted by Crippen LogP contribution is 2.25. The number of carbonyl (C=O) groups excluding carboxylic acids is 1. The molecular formula is C22H36N4O. The van der Waals surface area contributed by atoms with E-state index in [2.05, 4.69) is 46.9 Å². The average Bonchev–Trinajstić information content (AvgIpc) is 2.67. The first-order valence-corrected chi connectivity index (χ1v) is 10.5. The summed E-state index contributed by atoms with van der Waals surface area (Å²) in [5.41, 5.74) is 1.44. The van der Waals surface area contributed by atoms with Gasteiger partial charge in [-0.1, -0.05) is 26.8 Å². The molecule has 2 saturated heterocycles. The topological polar surface area (TPSA) is 48.5 Å². The number of nitrogens with one attached hydrogen (secondary N) is 1. The predicted molar refractivity (Wildman–Crippen MR) is 109 cm³/mol. The first kappa shape index (κ1) is 20.3. The molecule has 0 bridgehead atoms. The molecule has 2 aliphatic heterocycles. The van der Waals surface area contributed by atoms with Crippen molar-refractivity contribution in [3.63, 3.8) is 0 Å². The van der Waals surface area contributed by atoms with Crippen LogP contribution in [0.5, 0.6) is 0 Å². The van der Waals surface area contributed by atoms with Crippen LogP contribution >= 0.6 is 0 Å². The molecule has 0 saturated carbocycles. The number of amides is 1. The zero-order chi connectivity index (χ0) is 19.3. The van der Waals surface area contributed by atoms with E-state index in [1.165, 1.54) is 18.4 Å². The van der Waals surface area contributed by atoms with Gasteiger partial charge in [0.25, 0.3) is 0 Å². The SMILES string of the molecule is CC(C)(C)CNC(=O)[C@@H]1CCCN(C2CCN(Cc3cccnc3)CC2)C1. The average molecular weight is 373 g/mol. The van der Waals surface area contributed by atoms with E-state index in [9.17, 15) is 4.79 Å². The highest BCUT2D eigenvalue weighted by molar-refractivity contribution is 5.79.